The van der Waals surface area contributed by atoms with E-state index < -0.39 is 16.0 Å². The summed E-state index contributed by atoms with van der Waals surface area (Å²) in [5.41, 5.74) is 0.467. The first-order valence-corrected chi connectivity index (χ1v) is 8.02. The van der Waals surface area contributed by atoms with E-state index in [0.29, 0.717) is 16.5 Å². The Morgan fingerprint density at radius 1 is 1.47 bits per heavy atom. The number of nitrogens with one attached hydrogen (secondary N) is 1. The molecule has 0 radical (unpaired) electrons. The molecule has 19 heavy (non-hydrogen) atoms. The van der Waals surface area contributed by atoms with Gasteiger partial charge < -0.3 is 5.11 Å². The van der Waals surface area contributed by atoms with E-state index in [2.05, 4.69) is 20.7 Å². The Hall–Kier alpha value is -0.920. The molecule has 106 valence electrons. The van der Waals surface area contributed by atoms with E-state index in [1.807, 2.05) is 6.92 Å². The van der Waals surface area contributed by atoms with Crippen LogP contribution in [0.2, 0.25) is 0 Å². The van der Waals surface area contributed by atoms with Gasteiger partial charge >= 0.3 is 5.97 Å². The van der Waals surface area contributed by atoms with Gasteiger partial charge in [-0.1, -0.05) is 22.9 Å². The number of rotatable bonds is 5. The molecule has 1 aromatic carbocycles. The molecule has 0 aliphatic heterocycles. The van der Waals surface area contributed by atoms with Crippen LogP contribution in [0, 0.1) is 6.92 Å². The minimum Gasteiger partial charge on any atom is -0.478 e. The average molecular weight is 350 g/mol. The minimum atomic E-state index is -3.71. The highest BCUT2D eigenvalue weighted by atomic mass is 79.9. The first kappa shape index (κ1) is 16.1. The predicted molar refractivity (Wildman–Crippen MR) is 75.9 cm³/mol. The SMILES string of the molecule is CCC(C)NS(=O)(=O)c1cc(Br)c(C)c(C(=O)O)c1. The van der Waals surface area contributed by atoms with Crippen LogP contribution in [0.3, 0.4) is 0 Å². The molecule has 0 amide bonds. The zero-order valence-electron chi connectivity index (χ0n) is 10.9. The highest BCUT2D eigenvalue weighted by Gasteiger charge is 2.21. The molecule has 2 N–H and O–H groups in total. The predicted octanol–water partition coefficient (Wildman–Crippen LogP) is 2.53. The first-order valence-electron chi connectivity index (χ1n) is 5.74. The van der Waals surface area contributed by atoms with Gasteiger partial charge in [-0.3, -0.25) is 0 Å². The van der Waals surface area contributed by atoms with Crippen molar-refractivity contribution in [2.24, 2.45) is 0 Å². The fraction of sp³-hybridized carbons (Fsp3) is 0.417. The van der Waals surface area contributed by atoms with Crippen LogP contribution in [0.15, 0.2) is 21.5 Å². The number of sulfonamides is 1. The van der Waals surface area contributed by atoms with Crippen molar-refractivity contribution >= 4 is 31.9 Å². The Bertz CT molecular complexity index is 598. The van der Waals surface area contributed by atoms with Gasteiger partial charge in [-0.25, -0.2) is 17.9 Å². The van der Waals surface area contributed by atoms with Crippen LogP contribution < -0.4 is 4.72 Å². The number of carboxylic acids is 1. The molecule has 1 unspecified atom stereocenters. The number of hydrogen-bond acceptors (Lipinski definition) is 3. The van der Waals surface area contributed by atoms with Gasteiger partial charge in [0.15, 0.2) is 0 Å². The van der Waals surface area contributed by atoms with Crippen molar-refractivity contribution in [3.05, 3.63) is 27.7 Å². The van der Waals surface area contributed by atoms with Gasteiger partial charge in [0.05, 0.1) is 10.5 Å². The Balaban J connectivity index is 3.32. The molecule has 0 aliphatic carbocycles. The van der Waals surface area contributed by atoms with Crippen molar-refractivity contribution < 1.29 is 18.3 Å². The maximum Gasteiger partial charge on any atom is 0.336 e. The molecule has 0 fully saturated rings. The molecule has 0 spiro atoms. The van der Waals surface area contributed by atoms with Gasteiger partial charge in [0, 0.05) is 10.5 Å². The highest BCUT2D eigenvalue weighted by molar-refractivity contribution is 9.10. The van der Waals surface area contributed by atoms with E-state index in [0.717, 1.165) is 0 Å². The second-order valence-corrected chi connectivity index (χ2v) is 6.88. The number of hydrogen-bond donors (Lipinski definition) is 2. The monoisotopic (exact) mass is 349 g/mol. The molecular weight excluding hydrogens is 334 g/mol. The van der Waals surface area contributed by atoms with Crippen LogP contribution in [-0.2, 0) is 10.0 Å². The van der Waals surface area contributed by atoms with E-state index in [4.69, 9.17) is 5.11 Å². The van der Waals surface area contributed by atoms with E-state index in [1.165, 1.54) is 12.1 Å². The van der Waals surface area contributed by atoms with Crippen molar-refractivity contribution in [1.82, 2.24) is 4.72 Å². The quantitative estimate of drug-likeness (QED) is 0.855. The zero-order valence-corrected chi connectivity index (χ0v) is 13.3. The first-order chi connectivity index (χ1) is 8.69. The van der Waals surface area contributed by atoms with Crippen LogP contribution >= 0.6 is 15.9 Å². The number of carboxylic acid groups (broad SMARTS) is 1. The zero-order chi connectivity index (χ0) is 14.8. The second kappa shape index (κ2) is 6.02. The lowest BCUT2D eigenvalue weighted by Gasteiger charge is -2.14. The topological polar surface area (TPSA) is 83.5 Å². The Labute approximate surface area is 121 Å². The van der Waals surface area contributed by atoms with Crippen LogP contribution in [-0.4, -0.2) is 25.5 Å². The molecule has 0 aliphatic rings. The van der Waals surface area contributed by atoms with Gasteiger partial charge in [0.25, 0.3) is 0 Å². The summed E-state index contributed by atoms with van der Waals surface area (Å²) in [6, 6.07) is 2.37. The summed E-state index contributed by atoms with van der Waals surface area (Å²) >= 11 is 3.19. The number of halogens is 1. The van der Waals surface area contributed by atoms with Crippen molar-refractivity contribution in [1.29, 1.82) is 0 Å². The van der Waals surface area contributed by atoms with Crippen LogP contribution in [0.4, 0.5) is 0 Å². The molecule has 7 heteroatoms. The molecule has 1 rings (SSSR count). The van der Waals surface area contributed by atoms with Crippen molar-refractivity contribution in [3.8, 4) is 0 Å². The lowest BCUT2D eigenvalue weighted by atomic mass is 10.1. The maximum atomic E-state index is 12.1. The summed E-state index contributed by atoms with van der Waals surface area (Å²) in [5, 5.41) is 9.07. The smallest absolute Gasteiger partial charge is 0.336 e. The number of aromatic carboxylic acids is 1. The number of carbonyl (C=O) groups is 1. The Morgan fingerprint density at radius 3 is 2.53 bits per heavy atom. The van der Waals surface area contributed by atoms with E-state index in [9.17, 15) is 13.2 Å². The fourth-order valence-corrected chi connectivity index (χ4v) is 3.44. The molecule has 0 aromatic heterocycles. The van der Waals surface area contributed by atoms with Crippen LogP contribution in [0.1, 0.15) is 36.2 Å². The van der Waals surface area contributed by atoms with Crippen molar-refractivity contribution in [2.45, 2.75) is 38.1 Å². The molecule has 1 aromatic rings. The highest BCUT2D eigenvalue weighted by Crippen LogP contribution is 2.25. The lowest BCUT2D eigenvalue weighted by Crippen LogP contribution is -2.32. The van der Waals surface area contributed by atoms with Gasteiger partial charge in [-0.15, -0.1) is 0 Å². The third-order valence-corrected chi connectivity index (χ3v) is 5.22. The second-order valence-electron chi connectivity index (χ2n) is 4.31. The van der Waals surface area contributed by atoms with Gasteiger partial charge in [0.2, 0.25) is 10.0 Å². The van der Waals surface area contributed by atoms with E-state index >= 15 is 0 Å². The molecule has 5 nitrogen and oxygen atoms in total. The summed E-state index contributed by atoms with van der Waals surface area (Å²) in [7, 11) is -3.71. The lowest BCUT2D eigenvalue weighted by molar-refractivity contribution is 0.0695. The largest absolute Gasteiger partial charge is 0.478 e. The normalized spacial score (nSPS) is 13.3. The van der Waals surface area contributed by atoms with E-state index in [-0.39, 0.29) is 16.5 Å². The van der Waals surface area contributed by atoms with Gasteiger partial charge in [-0.05, 0) is 38.0 Å². The van der Waals surface area contributed by atoms with E-state index in [1.54, 1.807) is 13.8 Å². The summed E-state index contributed by atoms with van der Waals surface area (Å²) in [4.78, 5) is 11.0. The molecule has 0 heterocycles. The summed E-state index contributed by atoms with van der Waals surface area (Å²) in [5.74, 6) is -1.15. The maximum absolute atomic E-state index is 12.1. The Morgan fingerprint density at radius 2 is 2.05 bits per heavy atom. The van der Waals surface area contributed by atoms with Crippen molar-refractivity contribution in [3.63, 3.8) is 0 Å². The number of benzene rings is 1. The molecule has 0 bridgehead atoms. The molecule has 0 saturated heterocycles. The minimum absolute atomic E-state index is 0.0288. The third-order valence-electron chi connectivity index (χ3n) is 2.83. The Kier molecular flexibility index (Phi) is 5.11. The van der Waals surface area contributed by atoms with Crippen LogP contribution in [0.5, 0.6) is 0 Å². The summed E-state index contributed by atoms with van der Waals surface area (Å²) in [6.45, 7) is 5.23. The molecular formula is C12H16BrNO4S. The third kappa shape index (κ3) is 3.77. The summed E-state index contributed by atoms with van der Waals surface area (Å²) < 4.78 is 27.2. The fourth-order valence-electron chi connectivity index (χ4n) is 1.45. The van der Waals surface area contributed by atoms with Gasteiger partial charge in [-0.2, -0.15) is 0 Å². The van der Waals surface area contributed by atoms with Gasteiger partial charge in [0.1, 0.15) is 0 Å². The van der Waals surface area contributed by atoms with Crippen LogP contribution in [0.25, 0.3) is 0 Å². The summed E-state index contributed by atoms with van der Waals surface area (Å²) in [6.07, 6.45) is 0.651. The van der Waals surface area contributed by atoms with Crippen molar-refractivity contribution in [2.75, 3.05) is 0 Å². The molecule has 0 saturated carbocycles. The average Bonchev–Trinajstić information content (AvgIpc) is 2.31. The standard InChI is InChI=1S/C12H16BrNO4S/c1-4-7(2)14-19(17,18)9-5-10(12(15)16)8(3)11(13)6-9/h5-7,14H,4H2,1-3H3,(H,15,16). The molecule has 1 atom stereocenters.